The number of nitrogens with zero attached hydrogens (tertiary/aromatic N) is 1. The number of aryl methyl sites for hydroxylation is 2. The van der Waals surface area contributed by atoms with E-state index >= 15 is 0 Å². The number of methoxy groups -OCH3 is 1. The number of aromatic nitrogens is 1. The van der Waals surface area contributed by atoms with Crippen LogP contribution in [-0.4, -0.2) is 23.1 Å². The minimum absolute atomic E-state index is 0.106. The second kappa shape index (κ2) is 8.96. The Morgan fingerprint density at radius 3 is 2.69 bits per heavy atom. The molecule has 4 rings (SSSR count). The number of carbonyl (C=O) groups is 1. The van der Waals surface area contributed by atoms with E-state index in [1.54, 1.807) is 25.3 Å². The van der Waals surface area contributed by atoms with Crippen molar-refractivity contribution in [3.05, 3.63) is 80.5 Å². The van der Waals surface area contributed by atoms with Gasteiger partial charge in [-0.3, -0.25) is 4.79 Å². The smallest absolute Gasteiger partial charge is 0.260 e. The van der Waals surface area contributed by atoms with Crippen LogP contribution in [0.25, 0.3) is 11.8 Å². The number of amides is 1. The summed E-state index contributed by atoms with van der Waals surface area (Å²) in [6.45, 7) is 8.44. The molecule has 1 atom stereocenters. The maximum Gasteiger partial charge on any atom is 0.260 e. The first kappa shape index (κ1) is 22.4. The molecule has 0 radical (unpaired) electrons. The number of nitrogens with one attached hydrogen (secondary N) is 2. The largest absolute Gasteiger partial charge is 0.495 e. The summed E-state index contributed by atoms with van der Waals surface area (Å²) in [7, 11) is 1.60. The molecule has 2 aromatic carbocycles. The first-order valence-corrected chi connectivity index (χ1v) is 11.6. The third-order valence-electron chi connectivity index (χ3n) is 5.75. The molecule has 0 aliphatic carbocycles. The molecule has 0 bridgehead atoms. The summed E-state index contributed by atoms with van der Waals surface area (Å²) in [4.78, 5) is 13.3. The van der Waals surface area contributed by atoms with Gasteiger partial charge in [0.05, 0.1) is 17.7 Å². The van der Waals surface area contributed by atoms with Crippen molar-refractivity contribution in [3.8, 4) is 11.4 Å². The summed E-state index contributed by atoms with van der Waals surface area (Å²) < 4.78 is 7.64. The van der Waals surface area contributed by atoms with Crippen molar-refractivity contribution >= 4 is 41.0 Å². The number of halogens is 1. The van der Waals surface area contributed by atoms with Crippen molar-refractivity contribution in [1.29, 1.82) is 0 Å². The molecule has 0 saturated carbocycles. The molecule has 32 heavy (non-hydrogen) atoms. The zero-order valence-electron chi connectivity index (χ0n) is 18.7. The summed E-state index contributed by atoms with van der Waals surface area (Å²) in [5.74, 6) is 0.559. The number of ether oxygens (including phenoxy) is 1. The van der Waals surface area contributed by atoms with E-state index < -0.39 is 0 Å². The number of hydrogen-bond acceptors (Lipinski definition) is 4. The van der Waals surface area contributed by atoms with Crippen molar-refractivity contribution in [3.63, 3.8) is 0 Å². The Kier molecular flexibility index (Phi) is 6.26. The molecule has 166 valence electrons. The van der Waals surface area contributed by atoms with E-state index in [9.17, 15) is 4.79 Å². The Morgan fingerprint density at radius 2 is 1.94 bits per heavy atom. The molecule has 3 aromatic rings. The van der Waals surface area contributed by atoms with E-state index in [2.05, 4.69) is 67.2 Å². The Morgan fingerprint density at radius 1 is 1.16 bits per heavy atom. The standard InChI is InChI=1S/C25H26ClN3O2S/c1-14-7-6-8-21(16(14)3)29-15(2)11-18(17(29)4)12-23-24(30)28-25(32-23)27-20-13-19(26)9-10-22(20)31-5/h6-13,25,27H,1-5H3,(H,28,30)/b23-12-. The lowest BCUT2D eigenvalue weighted by Gasteiger charge is -2.15. The number of thioether (sulfide) groups is 1. The number of anilines is 1. The van der Waals surface area contributed by atoms with Gasteiger partial charge < -0.3 is 19.9 Å². The molecule has 1 aliphatic rings. The normalized spacial score (nSPS) is 17.0. The van der Waals surface area contributed by atoms with Crippen LogP contribution in [0.2, 0.25) is 5.02 Å². The molecular formula is C25H26ClN3O2S. The third kappa shape index (κ3) is 4.25. The van der Waals surface area contributed by atoms with Crippen LogP contribution in [0.3, 0.4) is 0 Å². The van der Waals surface area contributed by atoms with Gasteiger partial charge in [-0.2, -0.15) is 0 Å². The summed E-state index contributed by atoms with van der Waals surface area (Å²) in [5.41, 5.74) is 7.35. The van der Waals surface area contributed by atoms with Gasteiger partial charge in [-0.15, -0.1) is 0 Å². The predicted molar refractivity (Wildman–Crippen MR) is 134 cm³/mol. The van der Waals surface area contributed by atoms with Crippen molar-refractivity contribution in [2.75, 3.05) is 12.4 Å². The first-order valence-electron chi connectivity index (χ1n) is 10.3. The van der Waals surface area contributed by atoms with Gasteiger partial charge >= 0.3 is 0 Å². The van der Waals surface area contributed by atoms with Crippen molar-refractivity contribution in [1.82, 2.24) is 9.88 Å². The van der Waals surface area contributed by atoms with Gasteiger partial charge in [0, 0.05) is 22.1 Å². The Bertz CT molecular complexity index is 1230. The van der Waals surface area contributed by atoms with Crippen LogP contribution in [0.5, 0.6) is 5.75 Å². The lowest BCUT2D eigenvalue weighted by atomic mass is 10.1. The topological polar surface area (TPSA) is 55.3 Å². The molecule has 5 nitrogen and oxygen atoms in total. The molecular weight excluding hydrogens is 442 g/mol. The first-order chi connectivity index (χ1) is 15.3. The quantitative estimate of drug-likeness (QED) is 0.454. The van der Waals surface area contributed by atoms with E-state index in [-0.39, 0.29) is 11.4 Å². The second-order valence-electron chi connectivity index (χ2n) is 7.85. The van der Waals surface area contributed by atoms with Crippen LogP contribution in [0, 0.1) is 27.7 Å². The van der Waals surface area contributed by atoms with Gasteiger partial charge in [0.1, 0.15) is 5.75 Å². The third-order valence-corrected chi connectivity index (χ3v) is 7.02. The molecule has 1 unspecified atom stereocenters. The maximum absolute atomic E-state index is 12.7. The fourth-order valence-electron chi connectivity index (χ4n) is 3.92. The molecule has 2 heterocycles. The maximum atomic E-state index is 12.7. The summed E-state index contributed by atoms with van der Waals surface area (Å²) in [5, 5.41) is 6.86. The van der Waals surface area contributed by atoms with Crippen LogP contribution in [-0.2, 0) is 4.79 Å². The van der Waals surface area contributed by atoms with Crippen LogP contribution in [0.15, 0.2) is 47.4 Å². The molecule has 1 amide bonds. The highest BCUT2D eigenvalue weighted by Crippen LogP contribution is 2.35. The van der Waals surface area contributed by atoms with Crippen molar-refractivity contribution < 1.29 is 9.53 Å². The molecule has 7 heteroatoms. The average Bonchev–Trinajstić information content (AvgIpc) is 3.23. The second-order valence-corrected chi connectivity index (χ2v) is 9.43. The number of rotatable bonds is 5. The van der Waals surface area contributed by atoms with Gasteiger partial charge in [0.15, 0.2) is 5.50 Å². The Labute approximate surface area is 197 Å². The monoisotopic (exact) mass is 467 g/mol. The molecule has 1 aliphatic heterocycles. The Balaban J connectivity index is 1.61. The van der Waals surface area contributed by atoms with Crippen LogP contribution in [0.4, 0.5) is 5.69 Å². The lowest BCUT2D eigenvalue weighted by Crippen LogP contribution is -2.31. The number of benzene rings is 2. The van der Waals surface area contributed by atoms with Crippen molar-refractivity contribution in [2.24, 2.45) is 0 Å². The molecule has 2 N–H and O–H groups in total. The highest BCUT2D eigenvalue weighted by molar-refractivity contribution is 8.05. The molecule has 0 spiro atoms. The molecule has 1 aromatic heterocycles. The van der Waals surface area contributed by atoms with E-state index in [1.807, 2.05) is 6.08 Å². The number of carbonyl (C=O) groups excluding carboxylic acids is 1. The average molecular weight is 468 g/mol. The van der Waals surface area contributed by atoms with E-state index in [0.29, 0.717) is 15.7 Å². The van der Waals surface area contributed by atoms with Gasteiger partial charge in [-0.1, -0.05) is 35.5 Å². The molecule has 1 saturated heterocycles. The van der Waals surface area contributed by atoms with Crippen LogP contribution >= 0.6 is 23.4 Å². The highest BCUT2D eigenvalue weighted by Gasteiger charge is 2.28. The Hall–Kier alpha value is -2.83. The minimum atomic E-state index is -0.316. The minimum Gasteiger partial charge on any atom is -0.495 e. The summed E-state index contributed by atoms with van der Waals surface area (Å²) in [6.07, 6.45) is 1.96. The fraction of sp³-hybridized carbons (Fsp3) is 0.240. The van der Waals surface area contributed by atoms with E-state index in [0.717, 1.165) is 22.6 Å². The fourth-order valence-corrected chi connectivity index (χ4v) is 5.06. The van der Waals surface area contributed by atoms with Crippen LogP contribution < -0.4 is 15.4 Å². The van der Waals surface area contributed by atoms with E-state index in [4.69, 9.17) is 16.3 Å². The van der Waals surface area contributed by atoms with Gasteiger partial charge in [-0.25, -0.2) is 0 Å². The van der Waals surface area contributed by atoms with Gasteiger partial charge in [-0.05, 0) is 80.8 Å². The summed E-state index contributed by atoms with van der Waals surface area (Å²) in [6, 6.07) is 13.8. The predicted octanol–water partition coefficient (Wildman–Crippen LogP) is 5.97. The SMILES string of the molecule is COc1ccc(Cl)cc1NC1NC(=O)/C(=C/c2cc(C)n(-c3cccc(C)c3C)c2C)S1. The zero-order chi connectivity index (χ0) is 23.0. The number of hydrogen-bond donors (Lipinski definition) is 2. The zero-order valence-corrected chi connectivity index (χ0v) is 20.3. The van der Waals surface area contributed by atoms with Crippen LogP contribution in [0.1, 0.15) is 28.1 Å². The highest BCUT2D eigenvalue weighted by atomic mass is 35.5. The van der Waals surface area contributed by atoms with Crippen molar-refractivity contribution in [2.45, 2.75) is 33.2 Å². The summed E-state index contributed by atoms with van der Waals surface area (Å²) >= 11 is 7.57. The van der Waals surface area contributed by atoms with Gasteiger partial charge in [0.2, 0.25) is 0 Å². The van der Waals surface area contributed by atoms with Gasteiger partial charge in [0.25, 0.3) is 5.91 Å². The lowest BCUT2D eigenvalue weighted by molar-refractivity contribution is -0.116. The molecule has 1 fully saturated rings. The van der Waals surface area contributed by atoms with E-state index in [1.165, 1.54) is 28.6 Å².